The molecule has 23 nitrogen and oxygen atoms in total. The second-order valence-electron chi connectivity index (χ2n) is 24.3. The van der Waals surface area contributed by atoms with E-state index in [-0.39, 0.29) is 30.9 Å². The lowest BCUT2D eigenvalue weighted by molar-refractivity contribution is -0.146. The third kappa shape index (κ3) is 18.4. The minimum absolute atomic E-state index is 0.00245. The average Bonchev–Trinajstić information content (AvgIpc) is 1.62. The molecule has 0 aromatic heterocycles. The van der Waals surface area contributed by atoms with E-state index in [4.69, 9.17) is 13.8 Å². The second-order valence-corrected chi connectivity index (χ2v) is 27.2. The van der Waals surface area contributed by atoms with E-state index in [1.54, 1.807) is 45.0 Å². The summed E-state index contributed by atoms with van der Waals surface area (Å²) in [5.74, 6) is -7.19. The summed E-state index contributed by atoms with van der Waals surface area (Å²) >= 11 is 3.37. The molecule has 3 saturated heterocycles. The largest absolute Gasteiger partial charge is 0.494 e. The van der Waals surface area contributed by atoms with Gasteiger partial charge in [-0.1, -0.05) is 129 Å². The number of hydrogen-bond acceptors (Lipinski definition) is 16. The van der Waals surface area contributed by atoms with Gasteiger partial charge in [0.2, 0.25) is 35.4 Å². The zero-order valence-corrected chi connectivity index (χ0v) is 54.8. The summed E-state index contributed by atoms with van der Waals surface area (Å²) in [6.07, 6.45) is -5.98. The molecule has 0 bridgehead atoms. The standard InChI is InChI=1S/C67H83BrN7O16P/c1-7-8-9-30-89-51-28-22-46(23-29-51)44-16-14-43(15-17-44)45-18-20-47(21-19-45)61(81)70-53-32-49(77)34-69-65(85)59-60(80)39(4)35-75(59)66(86)56(38(2)3)71-64(84)58(73-63(83)54-33-50(78)36-74(54)67(87)57(40(5)76)72-62(53)82)55(79)31-41-12-26-52(27-13-41)91-92(6,88)90-37-42-10-24-48(68)25-11-42/h10-29,38-40,49-50,53-60,76-80H,7-9,30-37H2,1-6H3,(H,69,85)(H,70,81)(H,71,84)(H,72,82)(H,73,83)/t39-,40?,49+,50+,53+,54?,55+,56-,57-,58-,59-,60-,92?/m0/s1. The molecule has 3 aliphatic rings. The summed E-state index contributed by atoms with van der Waals surface area (Å²) in [6.45, 7) is 8.88. The summed E-state index contributed by atoms with van der Waals surface area (Å²) < 4.78 is 31.4. The Morgan fingerprint density at radius 3 is 1.82 bits per heavy atom. The van der Waals surface area contributed by atoms with Crippen LogP contribution in [0.2, 0.25) is 0 Å². The number of amides is 7. The van der Waals surface area contributed by atoms with Gasteiger partial charge in [0, 0.05) is 61.5 Å². The maximum atomic E-state index is 14.7. The van der Waals surface area contributed by atoms with Gasteiger partial charge in [0.25, 0.3) is 5.91 Å². The molecule has 7 amide bonds. The van der Waals surface area contributed by atoms with Crippen LogP contribution in [0.4, 0.5) is 0 Å². The van der Waals surface area contributed by atoms with Gasteiger partial charge in [-0.2, -0.15) is 0 Å². The number of fused-ring (bicyclic) bond motifs is 2. The lowest BCUT2D eigenvalue weighted by Crippen LogP contribution is -2.63. The smallest absolute Gasteiger partial charge is 0.376 e. The lowest BCUT2D eigenvalue weighted by Gasteiger charge is -2.33. The molecule has 10 N–H and O–H groups in total. The number of halogens is 1. The summed E-state index contributed by atoms with van der Waals surface area (Å²) in [4.78, 5) is 104. The highest BCUT2D eigenvalue weighted by Crippen LogP contribution is 2.45. The fraction of sp³-hybridized carbons (Fsp3) is 0.448. The molecule has 0 radical (unpaired) electrons. The summed E-state index contributed by atoms with van der Waals surface area (Å²) in [7, 11) is -3.66. The third-order valence-corrected chi connectivity index (χ3v) is 18.3. The van der Waals surface area contributed by atoms with Gasteiger partial charge in [0.05, 0.1) is 43.7 Å². The Morgan fingerprint density at radius 1 is 0.663 bits per heavy atom. The van der Waals surface area contributed by atoms with Crippen LogP contribution in [-0.4, -0.2) is 176 Å². The number of rotatable bonds is 19. The van der Waals surface area contributed by atoms with E-state index in [9.17, 15) is 63.7 Å². The molecule has 494 valence electrons. The fourth-order valence-corrected chi connectivity index (χ4v) is 12.5. The molecule has 0 aliphatic carbocycles. The molecular formula is C67H83BrN7O16P. The van der Waals surface area contributed by atoms with Crippen LogP contribution < -0.4 is 35.8 Å². The molecule has 13 atom stereocenters. The predicted molar refractivity (Wildman–Crippen MR) is 346 cm³/mol. The van der Waals surface area contributed by atoms with Crippen molar-refractivity contribution in [3.05, 3.63) is 142 Å². The van der Waals surface area contributed by atoms with Crippen molar-refractivity contribution in [1.29, 1.82) is 0 Å². The number of nitrogens with one attached hydrogen (secondary N) is 5. The van der Waals surface area contributed by atoms with Gasteiger partial charge in [-0.05, 0) is 101 Å². The van der Waals surface area contributed by atoms with E-state index in [0.29, 0.717) is 12.2 Å². The van der Waals surface area contributed by atoms with Crippen molar-refractivity contribution in [3.63, 3.8) is 0 Å². The van der Waals surface area contributed by atoms with Crippen molar-refractivity contribution in [3.8, 4) is 33.8 Å². The molecule has 3 fully saturated rings. The van der Waals surface area contributed by atoms with E-state index < -0.39 is 153 Å². The third-order valence-electron chi connectivity index (χ3n) is 16.6. The van der Waals surface area contributed by atoms with Crippen molar-refractivity contribution in [1.82, 2.24) is 36.4 Å². The van der Waals surface area contributed by atoms with Gasteiger partial charge in [-0.15, -0.1) is 0 Å². The minimum atomic E-state index is -3.66. The highest BCUT2D eigenvalue weighted by Gasteiger charge is 2.49. The van der Waals surface area contributed by atoms with E-state index in [0.717, 1.165) is 67.1 Å². The monoisotopic (exact) mass is 1350 g/mol. The Balaban J connectivity index is 1.03. The van der Waals surface area contributed by atoms with E-state index in [1.807, 2.05) is 60.7 Å². The van der Waals surface area contributed by atoms with E-state index in [1.165, 1.54) is 50.0 Å². The Labute approximate surface area is 543 Å². The molecule has 8 rings (SSSR count). The summed E-state index contributed by atoms with van der Waals surface area (Å²) in [5, 5.41) is 70.1. The maximum Gasteiger partial charge on any atom is 0.376 e. The van der Waals surface area contributed by atoms with Crippen LogP contribution in [0.5, 0.6) is 11.5 Å². The number of carbonyl (C=O) groups is 7. The molecule has 3 unspecified atom stereocenters. The van der Waals surface area contributed by atoms with Crippen LogP contribution in [0.15, 0.2) is 126 Å². The molecule has 0 saturated carbocycles. The van der Waals surface area contributed by atoms with Gasteiger partial charge in [-0.3, -0.25) is 38.1 Å². The first kappa shape index (κ1) is 70.3. The Bertz CT molecular complexity index is 3420. The molecule has 92 heavy (non-hydrogen) atoms. The average molecular weight is 1350 g/mol. The number of β-amino-alcohol motifs (C(OH)–C–C–N with tert-alkyl or cyclic N) is 1. The van der Waals surface area contributed by atoms with E-state index in [2.05, 4.69) is 49.4 Å². The van der Waals surface area contributed by atoms with Crippen molar-refractivity contribution in [2.75, 3.05) is 32.9 Å². The number of aliphatic hydroxyl groups excluding tert-OH is 5. The summed E-state index contributed by atoms with van der Waals surface area (Å²) in [6, 6.07) is 25.4. The van der Waals surface area contributed by atoms with Gasteiger partial charge in [0.15, 0.2) is 0 Å². The van der Waals surface area contributed by atoms with E-state index >= 15 is 0 Å². The Kier molecular flexibility index (Phi) is 24.4. The maximum absolute atomic E-state index is 14.7. The lowest BCUT2D eigenvalue weighted by atomic mass is 9.98. The molecule has 25 heteroatoms. The second kappa shape index (κ2) is 31.9. The molecule has 0 spiro atoms. The first-order valence-electron chi connectivity index (χ1n) is 31.0. The predicted octanol–water partition coefficient (Wildman–Crippen LogP) is 5.01. The van der Waals surface area contributed by atoms with Crippen molar-refractivity contribution < 1.29 is 77.4 Å². The number of benzene rings is 5. The zero-order chi connectivity index (χ0) is 66.6. The van der Waals surface area contributed by atoms with Gasteiger partial charge < -0.3 is 71.2 Å². The first-order valence-corrected chi connectivity index (χ1v) is 33.8. The highest BCUT2D eigenvalue weighted by atomic mass is 79.9. The number of ether oxygens (including phenoxy) is 1. The number of hydrogen-bond donors (Lipinski definition) is 10. The van der Waals surface area contributed by atoms with Gasteiger partial charge >= 0.3 is 7.60 Å². The fourth-order valence-electron chi connectivity index (χ4n) is 11.3. The molecule has 3 heterocycles. The van der Waals surface area contributed by atoms with Crippen molar-refractivity contribution in [2.24, 2.45) is 11.8 Å². The number of aliphatic hydroxyl groups is 5. The van der Waals surface area contributed by atoms with Crippen molar-refractivity contribution >= 4 is 64.9 Å². The zero-order valence-electron chi connectivity index (χ0n) is 52.3. The molecule has 3 aliphatic heterocycles. The van der Waals surface area contributed by atoms with Crippen molar-refractivity contribution in [2.45, 2.75) is 147 Å². The van der Waals surface area contributed by atoms with Crippen LogP contribution in [0, 0.1) is 11.8 Å². The first-order chi connectivity index (χ1) is 43.8. The summed E-state index contributed by atoms with van der Waals surface area (Å²) in [5.41, 5.74) is 4.82. The number of carbonyl (C=O) groups excluding carboxylic acids is 7. The molecular weight excluding hydrogens is 1270 g/mol. The number of unbranched alkanes of at least 4 members (excludes halogenated alkanes) is 2. The van der Waals surface area contributed by atoms with Crippen LogP contribution in [0.3, 0.4) is 0 Å². The van der Waals surface area contributed by atoms with Crippen LogP contribution >= 0.6 is 23.5 Å². The topological polar surface area (TPSA) is 332 Å². The molecule has 5 aromatic carbocycles. The Hall–Kier alpha value is -7.54. The van der Waals surface area contributed by atoms with Crippen LogP contribution in [-0.2, 0) is 50.9 Å². The minimum Gasteiger partial charge on any atom is -0.494 e. The van der Waals surface area contributed by atoms with Crippen LogP contribution in [0.25, 0.3) is 22.3 Å². The highest BCUT2D eigenvalue weighted by molar-refractivity contribution is 9.10. The SMILES string of the molecule is CCCCCOc1ccc(-c2ccc(-c3ccc(C(=O)N[C@@H]4C[C@@H](O)CNC(=O)[C@@H]5[C@@H](O)[C@@H](C)CN5C(=O)[C@H](C(C)C)NC(=O)[C@H]([C@H](O)Cc5ccc(OP(C)(=O)OCc6ccc(Br)cc6)cc5)NC(=O)C5C[C@@H](O)CN5C(=O)[C@H](C(C)O)NC4=O)cc3)cc2)cc1. The van der Waals surface area contributed by atoms with Crippen LogP contribution in [0.1, 0.15) is 88.2 Å². The quantitative estimate of drug-likeness (QED) is 0.0384. The normalized spacial score (nSPS) is 25.0. The van der Waals surface area contributed by atoms with Gasteiger partial charge in [-0.25, -0.2) is 4.57 Å². The number of nitrogens with zero attached hydrogens (tertiary/aromatic N) is 2. The Morgan fingerprint density at radius 2 is 1.22 bits per heavy atom. The molecule has 5 aromatic rings. The van der Waals surface area contributed by atoms with Gasteiger partial charge in [0.1, 0.15) is 47.8 Å².